The average molecular weight is 458 g/mol. The van der Waals surface area contributed by atoms with Crippen molar-refractivity contribution in [3.8, 4) is 11.4 Å². The molecule has 34 heavy (non-hydrogen) atoms. The highest BCUT2D eigenvalue weighted by Crippen LogP contribution is 2.27. The Morgan fingerprint density at radius 1 is 1.03 bits per heavy atom. The molecule has 1 fully saturated rings. The number of hydrogen-bond donors (Lipinski definition) is 2. The van der Waals surface area contributed by atoms with E-state index in [0.717, 1.165) is 36.5 Å². The lowest BCUT2D eigenvalue weighted by Crippen LogP contribution is -2.30. The van der Waals surface area contributed by atoms with Gasteiger partial charge in [-0.1, -0.05) is 0 Å². The van der Waals surface area contributed by atoms with Gasteiger partial charge in [0, 0.05) is 42.7 Å². The van der Waals surface area contributed by atoms with Gasteiger partial charge in [-0.2, -0.15) is 4.73 Å². The molecule has 0 aliphatic carbocycles. The van der Waals surface area contributed by atoms with Crippen molar-refractivity contribution >= 4 is 34.1 Å². The molecule has 2 aromatic heterocycles. The molecular weight excluding hydrogens is 436 g/mol. The molecule has 0 saturated carbocycles. The Labute approximate surface area is 194 Å². The first-order valence-corrected chi connectivity index (χ1v) is 11.0. The topological polar surface area (TPSA) is 126 Å². The molecule has 10 nitrogen and oxygen atoms in total. The predicted octanol–water partition coefficient (Wildman–Crippen LogP) is 4.49. The van der Waals surface area contributed by atoms with E-state index in [2.05, 4.69) is 20.2 Å². The van der Waals surface area contributed by atoms with Gasteiger partial charge >= 0.3 is 0 Å². The molecule has 5 rings (SSSR count). The fraction of sp³-hybridized carbons (Fsp3) is 0.208. The Bertz CT molecular complexity index is 1360. The Morgan fingerprint density at radius 2 is 1.79 bits per heavy atom. The van der Waals surface area contributed by atoms with E-state index in [-0.39, 0.29) is 22.9 Å². The summed E-state index contributed by atoms with van der Waals surface area (Å²) >= 11 is 0. The molecule has 0 radical (unpaired) electrons. The van der Waals surface area contributed by atoms with Crippen LogP contribution in [0, 0.1) is 10.1 Å². The minimum atomic E-state index is -0.527. The molecular formula is C24H22N6O4. The summed E-state index contributed by atoms with van der Waals surface area (Å²) in [6.45, 7) is 1.98. The van der Waals surface area contributed by atoms with Crippen molar-refractivity contribution in [1.82, 2.24) is 14.7 Å². The van der Waals surface area contributed by atoms with Crippen molar-refractivity contribution < 1.29 is 14.9 Å². The van der Waals surface area contributed by atoms with Gasteiger partial charge in [0.05, 0.1) is 16.0 Å². The Kier molecular flexibility index (Phi) is 5.54. The van der Waals surface area contributed by atoms with E-state index >= 15 is 0 Å². The fourth-order valence-electron chi connectivity index (χ4n) is 4.09. The van der Waals surface area contributed by atoms with Gasteiger partial charge in [-0.15, -0.1) is 0 Å². The van der Waals surface area contributed by atoms with Crippen molar-refractivity contribution in [2.45, 2.75) is 19.3 Å². The quantitative estimate of drug-likeness (QED) is 0.256. The molecule has 172 valence electrons. The van der Waals surface area contributed by atoms with Crippen LogP contribution in [0.15, 0.2) is 60.8 Å². The molecule has 1 aliphatic heterocycles. The third kappa shape index (κ3) is 4.13. The predicted molar refractivity (Wildman–Crippen MR) is 127 cm³/mol. The summed E-state index contributed by atoms with van der Waals surface area (Å²) in [6, 6.07) is 14.5. The zero-order valence-corrected chi connectivity index (χ0v) is 18.2. The highest BCUT2D eigenvalue weighted by molar-refractivity contribution is 6.04. The smallest absolute Gasteiger partial charge is 0.271 e. The van der Waals surface area contributed by atoms with Gasteiger partial charge in [-0.05, 0) is 61.7 Å². The number of benzene rings is 2. The van der Waals surface area contributed by atoms with Gasteiger partial charge in [-0.25, -0.2) is 9.97 Å². The van der Waals surface area contributed by atoms with Crippen LogP contribution in [0.4, 0.5) is 17.2 Å². The zero-order chi connectivity index (χ0) is 23.7. The number of nitro benzene ring substituents is 1. The van der Waals surface area contributed by atoms with Crippen LogP contribution in [0.1, 0.15) is 29.6 Å². The molecule has 0 bridgehead atoms. The number of amides is 1. The number of anilines is 2. The number of non-ortho nitro benzene ring substituents is 1. The molecule has 2 aromatic carbocycles. The Balaban J connectivity index is 1.30. The van der Waals surface area contributed by atoms with Crippen LogP contribution in [0.2, 0.25) is 0 Å². The molecule has 1 saturated heterocycles. The van der Waals surface area contributed by atoms with Crippen molar-refractivity contribution in [3.63, 3.8) is 0 Å². The second kappa shape index (κ2) is 8.81. The molecule has 1 aliphatic rings. The largest absolute Gasteiger partial charge is 0.426 e. The lowest BCUT2D eigenvalue weighted by molar-refractivity contribution is -0.384. The van der Waals surface area contributed by atoms with Crippen LogP contribution < -0.4 is 10.2 Å². The van der Waals surface area contributed by atoms with Crippen LogP contribution >= 0.6 is 0 Å². The Morgan fingerprint density at radius 3 is 2.47 bits per heavy atom. The maximum Gasteiger partial charge on any atom is 0.271 e. The second-order valence-electron chi connectivity index (χ2n) is 8.16. The number of rotatable bonds is 5. The molecule has 0 unspecified atom stereocenters. The van der Waals surface area contributed by atoms with Gasteiger partial charge in [0.2, 0.25) is 0 Å². The van der Waals surface area contributed by atoms with Gasteiger partial charge in [0.15, 0.2) is 5.82 Å². The number of nitrogens with zero attached hydrogens (tertiary/aromatic N) is 5. The van der Waals surface area contributed by atoms with Crippen molar-refractivity contribution in [2.75, 3.05) is 23.3 Å². The standard InChI is InChI=1S/C24H22N6O4/c31-24(17-6-11-22(25-15-17)28-12-2-1-3-13-28)26-18-7-4-16(5-8-18)23-27-20-10-9-19(30(33)34)14-21(20)29(23)32/h4-11,14-15,32H,1-3,12-13H2,(H,26,31). The first-order valence-electron chi connectivity index (χ1n) is 11.0. The highest BCUT2D eigenvalue weighted by atomic mass is 16.6. The number of carbonyl (C=O) groups is 1. The van der Waals surface area contributed by atoms with Gasteiger partial charge in [0.25, 0.3) is 11.6 Å². The number of imidazole rings is 1. The summed E-state index contributed by atoms with van der Waals surface area (Å²) in [6.07, 6.45) is 5.15. The molecule has 10 heteroatoms. The van der Waals surface area contributed by atoms with E-state index in [1.54, 1.807) is 36.5 Å². The number of fused-ring (bicyclic) bond motifs is 1. The number of nitrogens with one attached hydrogen (secondary N) is 1. The lowest BCUT2D eigenvalue weighted by Gasteiger charge is -2.27. The third-order valence-corrected chi connectivity index (χ3v) is 5.92. The summed E-state index contributed by atoms with van der Waals surface area (Å²) < 4.78 is 0.825. The summed E-state index contributed by atoms with van der Waals surface area (Å²) in [4.78, 5) is 34.2. The number of aromatic nitrogens is 3. The first kappa shape index (κ1) is 21.4. The van der Waals surface area contributed by atoms with E-state index in [1.165, 1.54) is 24.6 Å². The maximum atomic E-state index is 12.6. The number of hydrogen-bond acceptors (Lipinski definition) is 7. The van der Waals surface area contributed by atoms with Gasteiger partial charge < -0.3 is 15.4 Å². The molecule has 2 N–H and O–H groups in total. The van der Waals surface area contributed by atoms with E-state index in [9.17, 15) is 20.1 Å². The number of piperidine rings is 1. The van der Waals surface area contributed by atoms with E-state index in [1.807, 2.05) is 6.07 Å². The molecule has 0 atom stereocenters. The molecule has 1 amide bonds. The van der Waals surface area contributed by atoms with Crippen molar-refractivity contribution in [1.29, 1.82) is 0 Å². The minimum absolute atomic E-state index is 0.134. The normalized spacial score (nSPS) is 13.7. The molecule has 3 heterocycles. The molecule has 0 spiro atoms. The number of pyridine rings is 1. The van der Waals surface area contributed by atoms with Gasteiger partial charge in [0.1, 0.15) is 11.3 Å². The lowest BCUT2D eigenvalue weighted by atomic mass is 10.1. The van der Waals surface area contributed by atoms with Crippen LogP contribution in [0.3, 0.4) is 0 Å². The highest BCUT2D eigenvalue weighted by Gasteiger charge is 2.17. The first-order chi connectivity index (χ1) is 16.5. The van der Waals surface area contributed by atoms with Crippen LogP contribution in [0.5, 0.6) is 0 Å². The molecule has 4 aromatic rings. The summed E-state index contributed by atoms with van der Waals surface area (Å²) in [5, 5.41) is 24.3. The average Bonchev–Trinajstić information content (AvgIpc) is 3.21. The monoisotopic (exact) mass is 458 g/mol. The van der Waals surface area contributed by atoms with E-state index in [4.69, 9.17) is 0 Å². The van der Waals surface area contributed by atoms with Crippen LogP contribution in [-0.4, -0.2) is 43.8 Å². The number of nitro groups is 1. The van der Waals surface area contributed by atoms with Crippen LogP contribution in [0.25, 0.3) is 22.4 Å². The minimum Gasteiger partial charge on any atom is -0.426 e. The third-order valence-electron chi connectivity index (χ3n) is 5.92. The maximum absolute atomic E-state index is 12.6. The van der Waals surface area contributed by atoms with E-state index in [0.29, 0.717) is 22.3 Å². The SMILES string of the molecule is O=C(Nc1ccc(-c2nc3ccc([N+](=O)[O-])cc3n2O)cc1)c1ccc(N2CCCCC2)nc1. The summed E-state index contributed by atoms with van der Waals surface area (Å²) in [5.74, 6) is 0.857. The number of carbonyl (C=O) groups excluding carboxylic acids is 1. The van der Waals surface area contributed by atoms with Crippen LogP contribution in [-0.2, 0) is 0 Å². The fourth-order valence-corrected chi connectivity index (χ4v) is 4.09. The van der Waals surface area contributed by atoms with Gasteiger partial charge in [-0.3, -0.25) is 14.9 Å². The summed E-state index contributed by atoms with van der Waals surface area (Å²) in [5.41, 5.74) is 2.16. The Hall–Kier alpha value is -4.47. The zero-order valence-electron chi connectivity index (χ0n) is 18.2. The van der Waals surface area contributed by atoms with Crippen molar-refractivity contribution in [2.24, 2.45) is 0 Å². The summed E-state index contributed by atoms with van der Waals surface area (Å²) in [7, 11) is 0. The second-order valence-corrected chi connectivity index (χ2v) is 8.16. The van der Waals surface area contributed by atoms with Crippen molar-refractivity contribution in [3.05, 3.63) is 76.5 Å². The van der Waals surface area contributed by atoms with E-state index < -0.39 is 4.92 Å².